The van der Waals surface area contributed by atoms with Crippen LogP contribution >= 0.6 is 0 Å². The molecule has 10 nitrogen and oxygen atoms in total. The van der Waals surface area contributed by atoms with Crippen molar-refractivity contribution in [3.8, 4) is 5.75 Å². The van der Waals surface area contributed by atoms with Crippen molar-refractivity contribution < 1.29 is 9.53 Å². The summed E-state index contributed by atoms with van der Waals surface area (Å²) in [5.74, 6) is 1.46. The van der Waals surface area contributed by atoms with Crippen LogP contribution in [0.15, 0.2) is 69.3 Å². The number of rotatable bonds is 12. The highest BCUT2D eigenvalue weighted by atomic mass is 16.5. The molecule has 0 atom stereocenters. The lowest BCUT2D eigenvalue weighted by Crippen LogP contribution is -2.44. The largest absolute Gasteiger partial charge is 0.495 e. The van der Waals surface area contributed by atoms with Crippen LogP contribution in [0.2, 0.25) is 0 Å². The third-order valence-electron chi connectivity index (χ3n) is 8.23. The monoisotopic (exact) mass is 586 g/mol. The average molecular weight is 587 g/mol. The Morgan fingerprint density at radius 3 is 2.56 bits per heavy atom. The number of aldehydes is 1. The molecule has 1 heterocycles. The topological polar surface area (TPSA) is 97.2 Å². The molecular weight excluding hydrogens is 540 g/mol. The number of aliphatic imine (C=N–C) groups is 3. The minimum absolute atomic E-state index is 0.139. The van der Waals surface area contributed by atoms with Gasteiger partial charge < -0.3 is 30.1 Å². The van der Waals surface area contributed by atoms with E-state index < -0.39 is 0 Å². The van der Waals surface area contributed by atoms with Crippen LogP contribution in [0.3, 0.4) is 0 Å². The first-order valence-electron chi connectivity index (χ1n) is 15.1. The molecule has 10 heteroatoms. The first kappa shape index (κ1) is 31.7. The van der Waals surface area contributed by atoms with Crippen LogP contribution in [-0.2, 0) is 4.79 Å². The van der Waals surface area contributed by atoms with Crippen molar-refractivity contribution in [2.24, 2.45) is 20.9 Å². The molecule has 0 unspecified atom stereocenters. The van der Waals surface area contributed by atoms with Crippen LogP contribution in [0.5, 0.6) is 5.75 Å². The summed E-state index contributed by atoms with van der Waals surface area (Å²) in [4.78, 5) is 32.8. The number of carbonyl (C=O) groups is 1. The quantitative estimate of drug-likeness (QED) is 0.202. The molecule has 1 saturated carbocycles. The number of ether oxygens (including phenoxy) is 1. The van der Waals surface area contributed by atoms with Crippen molar-refractivity contribution in [1.29, 1.82) is 0 Å². The lowest BCUT2D eigenvalue weighted by molar-refractivity contribution is -0.103. The maximum absolute atomic E-state index is 12.2. The van der Waals surface area contributed by atoms with E-state index >= 15 is 0 Å². The molecule has 2 fully saturated rings. The molecule has 0 bridgehead atoms. The minimum Gasteiger partial charge on any atom is -0.495 e. The van der Waals surface area contributed by atoms with E-state index in [4.69, 9.17) is 14.7 Å². The summed E-state index contributed by atoms with van der Waals surface area (Å²) < 4.78 is 5.76. The lowest BCUT2D eigenvalue weighted by Gasteiger charge is -2.34. The van der Waals surface area contributed by atoms with E-state index in [-0.39, 0.29) is 12.6 Å². The van der Waals surface area contributed by atoms with Crippen molar-refractivity contribution in [2.45, 2.75) is 32.1 Å². The lowest BCUT2D eigenvalue weighted by atomic mass is 9.86. The summed E-state index contributed by atoms with van der Waals surface area (Å²) in [6, 6.07) is 14.3. The number of likely N-dealkylation sites (N-methyl/N-ethyl adjacent to an activating group) is 2. The second-order valence-corrected chi connectivity index (χ2v) is 11.0. The van der Waals surface area contributed by atoms with Crippen molar-refractivity contribution in [2.75, 3.05) is 81.5 Å². The molecule has 2 aromatic carbocycles. The Hall–Kier alpha value is -4.18. The highest BCUT2D eigenvalue weighted by Crippen LogP contribution is 2.31. The van der Waals surface area contributed by atoms with Crippen LogP contribution in [-0.4, -0.2) is 90.6 Å². The number of methoxy groups -OCH3 is 1. The molecule has 1 aliphatic carbocycles. The van der Waals surface area contributed by atoms with Crippen molar-refractivity contribution in [3.63, 3.8) is 0 Å². The van der Waals surface area contributed by atoms with Gasteiger partial charge in [0, 0.05) is 69.3 Å². The molecule has 0 spiro atoms. The molecule has 230 valence electrons. The van der Waals surface area contributed by atoms with Gasteiger partial charge in [0.1, 0.15) is 18.1 Å². The van der Waals surface area contributed by atoms with Crippen LogP contribution in [0.25, 0.3) is 0 Å². The standard InChI is InChI=1S/C33H46N8O2/c1-34-22-30(38-31(23-42)25-10-7-6-8-11-25)33(40(4)27-13-9-12-26(20-27)35-2)37-24-36-29-15-14-28(21-32(29)43-5)41-18-16-39(3)17-19-41/h9,12-15,20-23,25,35-36H,1,6-8,10-11,16-19,24H2,2-5H3/b30-22+,37-33+,38-31?. The number of amidine groups is 1. The fourth-order valence-electron chi connectivity index (χ4n) is 5.61. The predicted molar refractivity (Wildman–Crippen MR) is 181 cm³/mol. The van der Waals surface area contributed by atoms with Gasteiger partial charge in [0.25, 0.3) is 0 Å². The molecule has 2 N–H and O–H groups in total. The van der Waals surface area contributed by atoms with Crippen molar-refractivity contribution in [3.05, 3.63) is 54.4 Å². The van der Waals surface area contributed by atoms with Gasteiger partial charge in [-0.25, -0.2) is 9.98 Å². The number of nitrogens with one attached hydrogen (secondary N) is 2. The fourth-order valence-corrected chi connectivity index (χ4v) is 5.61. The molecule has 1 saturated heterocycles. The van der Waals surface area contributed by atoms with Crippen LogP contribution < -0.4 is 25.2 Å². The van der Waals surface area contributed by atoms with E-state index in [9.17, 15) is 4.79 Å². The van der Waals surface area contributed by atoms with Crippen LogP contribution in [0.1, 0.15) is 32.1 Å². The summed E-state index contributed by atoms with van der Waals surface area (Å²) in [5, 5.41) is 6.61. The molecule has 1 aliphatic heterocycles. The van der Waals surface area contributed by atoms with E-state index in [2.05, 4.69) is 51.3 Å². The minimum atomic E-state index is 0.139. The van der Waals surface area contributed by atoms with Gasteiger partial charge in [-0.3, -0.25) is 9.79 Å². The molecule has 2 aliphatic rings. The molecule has 0 amide bonds. The maximum atomic E-state index is 12.2. The Labute approximate surface area is 256 Å². The average Bonchev–Trinajstić information content (AvgIpc) is 3.05. The van der Waals surface area contributed by atoms with Gasteiger partial charge in [-0.05, 0) is 56.9 Å². The van der Waals surface area contributed by atoms with Gasteiger partial charge >= 0.3 is 0 Å². The number of piperazine rings is 1. The smallest absolute Gasteiger partial charge is 0.164 e. The predicted octanol–water partition coefficient (Wildman–Crippen LogP) is 5.16. The Morgan fingerprint density at radius 2 is 1.88 bits per heavy atom. The van der Waals surface area contributed by atoms with Gasteiger partial charge in [-0.1, -0.05) is 25.3 Å². The number of hydrogen-bond acceptors (Lipinski definition) is 9. The number of nitrogens with zero attached hydrogens (tertiary/aromatic N) is 6. The maximum Gasteiger partial charge on any atom is 0.164 e. The Morgan fingerprint density at radius 1 is 1.12 bits per heavy atom. The normalized spacial score (nSPS) is 17.4. The number of anilines is 4. The Kier molecular flexibility index (Phi) is 11.7. The van der Waals surface area contributed by atoms with E-state index in [1.165, 1.54) is 6.42 Å². The van der Waals surface area contributed by atoms with E-state index in [1.54, 1.807) is 13.3 Å². The van der Waals surface area contributed by atoms with E-state index in [0.29, 0.717) is 17.2 Å². The first-order valence-corrected chi connectivity index (χ1v) is 15.1. The third-order valence-corrected chi connectivity index (χ3v) is 8.23. The highest BCUT2D eigenvalue weighted by molar-refractivity contribution is 6.30. The molecular formula is C33H46N8O2. The molecule has 0 aromatic heterocycles. The zero-order valence-electron chi connectivity index (χ0n) is 26.1. The molecule has 0 radical (unpaired) electrons. The van der Waals surface area contributed by atoms with Crippen molar-refractivity contribution in [1.82, 2.24) is 4.90 Å². The summed E-state index contributed by atoms with van der Waals surface area (Å²) in [5.41, 5.74) is 4.89. The summed E-state index contributed by atoms with van der Waals surface area (Å²) in [7, 11) is 7.66. The van der Waals surface area contributed by atoms with Crippen LogP contribution in [0, 0.1) is 5.92 Å². The summed E-state index contributed by atoms with van der Waals surface area (Å²) in [6.45, 7) is 7.97. The van der Waals surface area contributed by atoms with Gasteiger partial charge in [-0.2, -0.15) is 0 Å². The van der Waals surface area contributed by atoms with Gasteiger partial charge in [-0.15, -0.1) is 0 Å². The van der Waals surface area contributed by atoms with Gasteiger partial charge in [0.15, 0.2) is 12.1 Å². The van der Waals surface area contributed by atoms with Gasteiger partial charge in [0.2, 0.25) is 0 Å². The van der Waals surface area contributed by atoms with Crippen LogP contribution in [0.4, 0.5) is 22.7 Å². The molecule has 2 aromatic rings. The first-order chi connectivity index (χ1) is 21.0. The number of hydrogen-bond donors (Lipinski definition) is 2. The number of benzene rings is 2. The zero-order chi connectivity index (χ0) is 30.6. The Balaban J connectivity index is 1.64. The summed E-state index contributed by atoms with van der Waals surface area (Å²) >= 11 is 0. The Bertz CT molecular complexity index is 1320. The molecule has 43 heavy (non-hydrogen) atoms. The summed E-state index contributed by atoms with van der Waals surface area (Å²) in [6.07, 6.45) is 7.80. The highest BCUT2D eigenvalue weighted by Gasteiger charge is 2.22. The number of carbonyl (C=O) groups excluding carboxylic acids is 1. The third kappa shape index (κ3) is 8.44. The van der Waals surface area contributed by atoms with E-state index in [0.717, 1.165) is 86.6 Å². The second kappa shape index (κ2) is 15.9. The van der Waals surface area contributed by atoms with E-state index in [1.807, 2.05) is 49.3 Å². The second-order valence-electron chi connectivity index (χ2n) is 11.0. The SMILES string of the molecule is C=N/C=C(N=C(C=O)C1CCCCC1)\C(=N/CNc1ccc(N2CCN(C)CC2)cc1OC)N(C)c1cccc(NC)c1. The zero-order valence-corrected chi connectivity index (χ0v) is 26.1. The fraction of sp³-hybridized carbons (Fsp3) is 0.455. The molecule has 4 rings (SSSR count). The van der Waals surface area contributed by atoms with Crippen molar-refractivity contribution >= 4 is 47.3 Å². The van der Waals surface area contributed by atoms with Gasteiger partial charge in [0.05, 0.1) is 24.7 Å².